The van der Waals surface area contributed by atoms with Crippen LogP contribution in [-0.4, -0.2) is 26.8 Å². The summed E-state index contributed by atoms with van der Waals surface area (Å²) in [6, 6.07) is 16.0. The topological polar surface area (TPSA) is 64.0 Å². The molecule has 2 aromatic heterocycles. The standard InChI is InChI=1S/C21H19N5OS/c1-27-19-9-8-18(17-3-2-10-23-20(17)19)25-21(28)24-13-15-4-6-16(7-5-15)26-12-11-22-14-26/h2-12,14H,13H2,1H3,(H2,24,25,28). The lowest BCUT2D eigenvalue weighted by molar-refractivity contribution is 0.419. The van der Waals surface area contributed by atoms with Gasteiger partial charge in [-0.15, -0.1) is 0 Å². The van der Waals surface area contributed by atoms with Gasteiger partial charge in [0.05, 0.1) is 13.4 Å². The number of methoxy groups -OCH3 is 1. The van der Waals surface area contributed by atoms with Crippen molar-refractivity contribution in [3.05, 3.63) is 79.0 Å². The zero-order chi connectivity index (χ0) is 19.3. The number of hydrogen-bond acceptors (Lipinski definition) is 4. The fraction of sp³-hybridized carbons (Fsp3) is 0.0952. The first-order valence-electron chi connectivity index (χ1n) is 8.78. The summed E-state index contributed by atoms with van der Waals surface area (Å²) in [7, 11) is 1.64. The van der Waals surface area contributed by atoms with Crippen LogP contribution in [0.25, 0.3) is 16.6 Å². The van der Waals surface area contributed by atoms with E-state index in [1.165, 1.54) is 0 Å². The second-order valence-corrected chi connectivity index (χ2v) is 6.57. The summed E-state index contributed by atoms with van der Waals surface area (Å²) in [6.45, 7) is 0.627. The molecule has 0 bridgehead atoms. The molecule has 140 valence electrons. The van der Waals surface area contributed by atoms with E-state index in [1.54, 1.807) is 25.8 Å². The predicted octanol–water partition coefficient (Wildman–Crippen LogP) is 3.92. The molecule has 0 saturated heterocycles. The third-order valence-electron chi connectivity index (χ3n) is 4.39. The molecule has 6 nitrogen and oxygen atoms in total. The molecule has 7 heteroatoms. The van der Waals surface area contributed by atoms with Gasteiger partial charge in [-0.25, -0.2) is 4.98 Å². The zero-order valence-corrected chi connectivity index (χ0v) is 16.1. The highest BCUT2D eigenvalue weighted by Crippen LogP contribution is 2.29. The first-order valence-corrected chi connectivity index (χ1v) is 9.19. The monoisotopic (exact) mass is 389 g/mol. The van der Waals surface area contributed by atoms with Crippen LogP contribution in [0, 0.1) is 0 Å². The number of hydrogen-bond donors (Lipinski definition) is 2. The molecule has 0 aliphatic rings. The van der Waals surface area contributed by atoms with E-state index in [1.807, 2.05) is 35.0 Å². The average molecular weight is 389 g/mol. The maximum Gasteiger partial charge on any atom is 0.171 e. The fourth-order valence-electron chi connectivity index (χ4n) is 2.97. The number of benzene rings is 2. The largest absolute Gasteiger partial charge is 0.494 e. The van der Waals surface area contributed by atoms with Crippen molar-refractivity contribution < 1.29 is 4.74 Å². The van der Waals surface area contributed by atoms with Crippen LogP contribution in [0.4, 0.5) is 5.69 Å². The lowest BCUT2D eigenvalue weighted by atomic mass is 10.1. The van der Waals surface area contributed by atoms with Crippen LogP contribution >= 0.6 is 12.2 Å². The fourth-order valence-corrected chi connectivity index (χ4v) is 3.15. The Labute approximate surface area is 168 Å². The number of aromatic nitrogens is 3. The Morgan fingerprint density at radius 3 is 2.71 bits per heavy atom. The minimum Gasteiger partial charge on any atom is -0.494 e. The normalized spacial score (nSPS) is 10.6. The van der Waals surface area contributed by atoms with Crippen molar-refractivity contribution in [2.75, 3.05) is 12.4 Å². The van der Waals surface area contributed by atoms with Crippen LogP contribution in [0.2, 0.25) is 0 Å². The molecule has 2 N–H and O–H groups in total. The Hall–Kier alpha value is -3.45. The number of fused-ring (bicyclic) bond motifs is 1. The molecule has 0 atom stereocenters. The minimum atomic E-state index is 0.550. The van der Waals surface area contributed by atoms with Gasteiger partial charge in [0.2, 0.25) is 0 Å². The van der Waals surface area contributed by atoms with Crippen LogP contribution in [0.3, 0.4) is 0 Å². The summed E-state index contributed by atoms with van der Waals surface area (Å²) in [5, 5.41) is 8.00. The van der Waals surface area contributed by atoms with Gasteiger partial charge in [-0.05, 0) is 54.2 Å². The van der Waals surface area contributed by atoms with E-state index in [0.29, 0.717) is 11.7 Å². The van der Waals surface area contributed by atoms with Crippen molar-refractivity contribution in [1.29, 1.82) is 0 Å². The zero-order valence-electron chi connectivity index (χ0n) is 15.3. The first kappa shape index (κ1) is 17.9. The molecule has 0 fully saturated rings. The highest BCUT2D eigenvalue weighted by Gasteiger charge is 2.08. The summed E-state index contributed by atoms with van der Waals surface area (Å²) in [4.78, 5) is 8.47. The Kier molecular flexibility index (Phi) is 5.16. The molecule has 0 radical (unpaired) electrons. The Morgan fingerprint density at radius 1 is 1.11 bits per heavy atom. The van der Waals surface area contributed by atoms with E-state index in [9.17, 15) is 0 Å². The number of anilines is 1. The van der Waals surface area contributed by atoms with Crippen LogP contribution < -0.4 is 15.4 Å². The van der Waals surface area contributed by atoms with Gasteiger partial charge in [0.25, 0.3) is 0 Å². The summed E-state index contributed by atoms with van der Waals surface area (Å²) < 4.78 is 7.35. The molecular formula is C21H19N5OS. The molecule has 2 heterocycles. The van der Waals surface area contributed by atoms with Crippen LogP contribution in [0.15, 0.2) is 73.4 Å². The van der Waals surface area contributed by atoms with E-state index in [4.69, 9.17) is 17.0 Å². The highest BCUT2D eigenvalue weighted by molar-refractivity contribution is 7.80. The lowest BCUT2D eigenvalue weighted by Crippen LogP contribution is -2.28. The number of imidazole rings is 1. The third kappa shape index (κ3) is 3.79. The number of pyridine rings is 1. The van der Waals surface area contributed by atoms with E-state index in [-0.39, 0.29) is 0 Å². The second kappa shape index (κ2) is 8.06. The second-order valence-electron chi connectivity index (χ2n) is 6.16. The highest BCUT2D eigenvalue weighted by atomic mass is 32.1. The Morgan fingerprint density at radius 2 is 1.96 bits per heavy atom. The van der Waals surface area contributed by atoms with E-state index < -0.39 is 0 Å². The van der Waals surface area contributed by atoms with E-state index in [2.05, 4.69) is 44.9 Å². The minimum absolute atomic E-state index is 0.550. The van der Waals surface area contributed by atoms with Gasteiger partial charge in [-0.2, -0.15) is 0 Å². The SMILES string of the molecule is COc1ccc(NC(=S)NCc2ccc(-n3ccnc3)cc2)c2cccnc12. The number of thiocarbonyl (C=S) groups is 1. The maximum absolute atomic E-state index is 5.46. The van der Waals surface area contributed by atoms with Gasteiger partial charge >= 0.3 is 0 Å². The van der Waals surface area contributed by atoms with Gasteiger partial charge in [0.15, 0.2) is 5.11 Å². The molecule has 0 unspecified atom stereocenters. The van der Waals surface area contributed by atoms with E-state index >= 15 is 0 Å². The molecule has 0 saturated carbocycles. The van der Waals surface area contributed by atoms with Crippen LogP contribution in [0.1, 0.15) is 5.56 Å². The van der Waals surface area contributed by atoms with Crippen molar-refractivity contribution in [3.63, 3.8) is 0 Å². The molecule has 0 spiro atoms. The summed E-state index contributed by atoms with van der Waals surface area (Å²) in [5.74, 6) is 0.734. The summed E-state index contributed by atoms with van der Waals surface area (Å²) >= 11 is 5.46. The summed E-state index contributed by atoms with van der Waals surface area (Å²) in [5.41, 5.74) is 3.89. The van der Waals surface area contributed by atoms with Crippen molar-refractivity contribution in [3.8, 4) is 11.4 Å². The van der Waals surface area contributed by atoms with Crippen LogP contribution in [0.5, 0.6) is 5.75 Å². The van der Waals surface area contributed by atoms with Crippen LogP contribution in [-0.2, 0) is 6.54 Å². The van der Waals surface area contributed by atoms with Crippen molar-refractivity contribution in [2.45, 2.75) is 6.54 Å². The molecule has 4 aromatic rings. The molecule has 0 aliphatic carbocycles. The van der Waals surface area contributed by atoms with Gasteiger partial charge in [-0.3, -0.25) is 4.98 Å². The number of ether oxygens (including phenoxy) is 1. The predicted molar refractivity (Wildman–Crippen MR) is 115 cm³/mol. The average Bonchev–Trinajstić information content (AvgIpc) is 3.28. The molecule has 4 rings (SSSR count). The number of nitrogens with one attached hydrogen (secondary N) is 2. The number of rotatable bonds is 5. The maximum atomic E-state index is 5.46. The van der Waals surface area contributed by atoms with Gasteiger partial charge in [0.1, 0.15) is 11.3 Å². The smallest absolute Gasteiger partial charge is 0.171 e. The molecular weight excluding hydrogens is 370 g/mol. The first-order chi connectivity index (χ1) is 13.7. The molecule has 0 amide bonds. The third-order valence-corrected chi connectivity index (χ3v) is 4.64. The Bertz CT molecular complexity index is 1090. The Balaban J connectivity index is 1.42. The van der Waals surface area contributed by atoms with Crippen molar-refractivity contribution >= 4 is 33.9 Å². The molecule has 2 aromatic carbocycles. The van der Waals surface area contributed by atoms with Crippen molar-refractivity contribution in [1.82, 2.24) is 19.9 Å². The quantitative estimate of drug-likeness (QED) is 0.505. The van der Waals surface area contributed by atoms with Gasteiger partial charge in [-0.1, -0.05) is 12.1 Å². The van der Waals surface area contributed by atoms with Gasteiger partial charge in [0, 0.05) is 41.9 Å². The van der Waals surface area contributed by atoms with E-state index in [0.717, 1.165) is 33.6 Å². The molecule has 0 aliphatic heterocycles. The lowest BCUT2D eigenvalue weighted by Gasteiger charge is -2.14. The van der Waals surface area contributed by atoms with Crippen molar-refractivity contribution in [2.24, 2.45) is 0 Å². The van der Waals surface area contributed by atoms with Gasteiger partial charge < -0.3 is 19.9 Å². The molecule has 28 heavy (non-hydrogen) atoms. The number of nitrogens with zero attached hydrogens (tertiary/aromatic N) is 3. The summed E-state index contributed by atoms with van der Waals surface area (Å²) in [6.07, 6.45) is 7.21.